The van der Waals surface area contributed by atoms with Gasteiger partial charge >= 0.3 is 4.87 Å². The summed E-state index contributed by atoms with van der Waals surface area (Å²) in [6.07, 6.45) is 7.88. The lowest BCUT2D eigenvalue weighted by molar-refractivity contribution is -0.529. The molecule has 78 valence electrons. The van der Waals surface area contributed by atoms with Crippen molar-refractivity contribution in [1.82, 2.24) is 0 Å². The smallest absolute Gasteiger partial charge is 0.263 e. The van der Waals surface area contributed by atoms with Crippen molar-refractivity contribution in [2.24, 2.45) is 5.92 Å². The van der Waals surface area contributed by atoms with Gasteiger partial charge < -0.3 is 0 Å². The zero-order valence-corrected chi connectivity index (χ0v) is 8.81. The molecule has 4 nitrogen and oxygen atoms in total. The van der Waals surface area contributed by atoms with E-state index in [2.05, 4.69) is 6.58 Å². The standard InChI is InChI=1S/C10H10N2O2S/c1-2-7-15-10(12(13)14)6-4-3-5-9(10)8-11/h2-6,9H,1,7H2. The van der Waals surface area contributed by atoms with Crippen LogP contribution in [0.4, 0.5) is 0 Å². The van der Waals surface area contributed by atoms with Gasteiger partial charge in [-0.05, 0) is 0 Å². The van der Waals surface area contributed by atoms with Crippen molar-refractivity contribution in [2.75, 3.05) is 5.75 Å². The molecule has 0 spiro atoms. The Balaban J connectivity index is 3.03. The van der Waals surface area contributed by atoms with Gasteiger partial charge in [0.1, 0.15) is 5.92 Å². The van der Waals surface area contributed by atoms with E-state index in [1.165, 1.54) is 6.08 Å². The van der Waals surface area contributed by atoms with E-state index >= 15 is 0 Å². The molecule has 0 aromatic heterocycles. The van der Waals surface area contributed by atoms with Gasteiger partial charge in [-0.25, -0.2) is 0 Å². The fraction of sp³-hybridized carbons (Fsp3) is 0.300. The highest BCUT2D eigenvalue weighted by molar-refractivity contribution is 8.00. The van der Waals surface area contributed by atoms with Gasteiger partial charge in [0.05, 0.1) is 6.07 Å². The maximum Gasteiger partial charge on any atom is 0.305 e. The zero-order chi connectivity index (χ0) is 11.3. The first-order valence-corrected chi connectivity index (χ1v) is 5.31. The summed E-state index contributed by atoms with van der Waals surface area (Å²) in [5, 5.41) is 20.0. The number of nitrogens with zero attached hydrogens (tertiary/aromatic N) is 2. The van der Waals surface area contributed by atoms with Gasteiger partial charge in [-0.1, -0.05) is 36.1 Å². The maximum absolute atomic E-state index is 11.1. The molecule has 0 aromatic carbocycles. The largest absolute Gasteiger partial charge is 0.305 e. The van der Waals surface area contributed by atoms with Gasteiger partial charge in [0, 0.05) is 16.8 Å². The van der Waals surface area contributed by atoms with Crippen LogP contribution in [0.1, 0.15) is 0 Å². The van der Waals surface area contributed by atoms with Gasteiger partial charge in [0.2, 0.25) is 0 Å². The molecule has 1 aliphatic carbocycles. The number of nitro groups is 1. The molecule has 0 amide bonds. The fourth-order valence-corrected chi connectivity index (χ4v) is 2.28. The predicted octanol–water partition coefficient (Wildman–Crippen LogP) is 2.14. The lowest BCUT2D eigenvalue weighted by atomic mass is 9.96. The van der Waals surface area contributed by atoms with Crippen LogP contribution in [0.25, 0.3) is 0 Å². The highest BCUT2D eigenvalue weighted by Gasteiger charge is 2.48. The molecule has 0 bridgehead atoms. The summed E-state index contributed by atoms with van der Waals surface area (Å²) in [5.41, 5.74) is 0. The van der Waals surface area contributed by atoms with Crippen molar-refractivity contribution in [3.05, 3.63) is 47.1 Å². The average Bonchev–Trinajstić information content (AvgIpc) is 2.26. The Morgan fingerprint density at radius 2 is 2.47 bits per heavy atom. The van der Waals surface area contributed by atoms with Crippen LogP contribution in [-0.2, 0) is 0 Å². The molecule has 0 saturated heterocycles. The van der Waals surface area contributed by atoms with Crippen LogP contribution in [0, 0.1) is 27.4 Å². The molecular formula is C10H10N2O2S. The van der Waals surface area contributed by atoms with Gasteiger partial charge in [-0.3, -0.25) is 10.1 Å². The van der Waals surface area contributed by atoms with E-state index in [0.717, 1.165) is 11.8 Å². The number of nitriles is 1. The van der Waals surface area contributed by atoms with Crippen LogP contribution >= 0.6 is 11.8 Å². The van der Waals surface area contributed by atoms with Crippen LogP contribution in [-0.4, -0.2) is 15.5 Å². The first-order valence-electron chi connectivity index (χ1n) is 4.32. The Bertz CT molecular complexity index is 370. The molecule has 1 aliphatic rings. The van der Waals surface area contributed by atoms with E-state index in [1.54, 1.807) is 24.3 Å². The van der Waals surface area contributed by atoms with Gasteiger partial charge in [0.25, 0.3) is 0 Å². The molecule has 5 heteroatoms. The highest BCUT2D eigenvalue weighted by Crippen LogP contribution is 2.38. The van der Waals surface area contributed by atoms with E-state index < -0.39 is 15.7 Å². The molecule has 2 unspecified atom stereocenters. The van der Waals surface area contributed by atoms with E-state index in [0.29, 0.717) is 5.75 Å². The molecule has 0 fully saturated rings. The summed E-state index contributed by atoms with van der Waals surface area (Å²) in [6.45, 7) is 3.52. The number of allylic oxidation sites excluding steroid dienone is 2. The summed E-state index contributed by atoms with van der Waals surface area (Å²) in [7, 11) is 0. The van der Waals surface area contributed by atoms with Crippen LogP contribution in [0.3, 0.4) is 0 Å². The molecule has 0 N–H and O–H groups in total. The van der Waals surface area contributed by atoms with Crippen LogP contribution in [0.15, 0.2) is 37.0 Å². The lowest BCUT2D eigenvalue weighted by Crippen LogP contribution is -2.40. The molecule has 2 atom stereocenters. The van der Waals surface area contributed by atoms with Crippen molar-refractivity contribution in [3.63, 3.8) is 0 Å². The number of rotatable bonds is 4. The predicted molar refractivity (Wildman–Crippen MR) is 59.8 cm³/mol. The second-order valence-corrected chi connectivity index (χ2v) is 4.24. The van der Waals surface area contributed by atoms with Gasteiger partial charge in [0.15, 0.2) is 0 Å². The van der Waals surface area contributed by atoms with E-state index in [4.69, 9.17) is 5.26 Å². The zero-order valence-electron chi connectivity index (χ0n) is 8.00. The summed E-state index contributed by atoms with van der Waals surface area (Å²) >= 11 is 1.11. The highest BCUT2D eigenvalue weighted by atomic mass is 32.2. The Hall–Kier alpha value is -1.54. The fourth-order valence-electron chi connectivity index (χ4n) is 1.30. The minimum atomic E-state index is -1.36. The van der Waals surface area contributed by atoms with Gasteiger partial charge in [-0.2, -0.15) is 5.26 Å². The lowest BCUT2D eigenvalue weighted by Gasteiger charge is -2.25. The molecule has 0 aliphatic heterocycles. The Kier molecular flexibility index (Phi) is 3.69. The quantitative estimate of drug-likeness (QED) is 0.316. The number of thioether (sulfide) groups is 1. The monoisotopic (exact) mass is 222 g/mol. The molecule has 1 rings (SSSR count). The van der Waals surface area contributed by atoms with Crippen molar-refractivity contribution in [2.45, 2.75) is 4.87 Å². The molecule has 0 radical (unpaired) electrons. The van der Waals surface area contributed by atoms with Gasteiger partial charge in [-0.15, -0.1) is 6.58 Å². The maximum atomic E-state index is 11.1. The first-order chi connectivity index (χ1) is 7.17. The average molecular weight is 222 g/mol. The van der Waals surface area contributed by atoms with Crippen molar-refractivity contribution >= 4 is 11.8 Å². The summed E-state index contributed by atoms with van der Waals surface area (Å²) < 4.78 is 0. The summed E-state index contributed by atoms with van der Waals surface area (Å²) in [5.74, 6) is -0.292. The number of hydrogen-bond donors (Lipinski definition) is 0. The third-order valence-electron chi connectivity index (χ3n) is 2.05. The first kappa shape index (κ1) is 11.5. The number of hydrogen-bond acceptors (Lipinski definition) is 4. The van der Waals surface area contributed by atoms with Crippen LogP contribution < -0.4 is 0 Å². The molecule has 0 aromatic rings. The SMILES string of the molecule is C=CCSC1([N+](=O)[O-])C=CC=CC1C#N. The van der Waals surface area contributed by atoms with Crippen molar-refractivity contribution in [3.8, 4) is 6.07 Å². The molecular weight excluding hydrogens is 212 g/mol. The Morgan fingerprint density at radius 1 is 1.73 bits per heavy atom. The second kappa shape index (κ2) is 4.80. The molecule has 0 saturated carbocycles. The normalized spacial score (nSPS) is 28.3. The summed E-state index contributed by atoms with van der Waals surface area (Å²) in [6, 6.07) is 1.95. The topological polar surface area (TPSA) is 66.9 Å². The Labute approximate surface area is 92.1 Å². The minimum Gasteiger partial charge on any atom is -0.263 e. The van der Waals surface area contributed by atoms with Crippen LogP contribution in [0.5, 0.6) is 0 Å². The van der Waals surface area contributed by atoms with Crippen molar-refractivity contribution < 1.29 is 4.92 Å². The molecule has 15 heavy (non-hydrogen) atoms. The molecule has 0 heterocycles. The van der Waals surface area contributed by atoms with Crippen molar-refractivity contribution in [1.29, 1.82) is 5.26 Å². The van der Waals surface area contributed by atoms with Crippen LogP contribution in [0.2, 0.25) is 0 Å². The third kappa shape index (κ3) is 2.10. The van der Waals surface area contributed by atoms with E-state index in [9.17, 15) is 10.1 Å². The third-order valence-corrected chi connectivity index (χ3v) is 3.46. The van der Waals surface area contributed by atoms with E-state index in [-0.39, 0.29) is 0 Å². The Morgan fingerprint density at radius 3 is 3.00 bits per heavy atom. The summed E-state index contributed by atoms with van der Waals surface area (Å²) in [4.78, 5) is 9.29. The second-order valence-electron chi connectivity index (χ2n) is 2.96. The minimum absolute atomic E-state index is 0.408. The van der Waals surface area contributed by atoms with E-state index in [1.807, 2.05) is 6.07 Å².